The molecule has 2 unspecified atom stereocenters. The fraction of sp³-hybridized carbons (Fsp3) is 0.833. The highest BCUT2D eigenvalue weighted by Gasteiger charge is 2.49. The number of alkyl halides is 4. The van der Waals surface area contributed by atoms with Crippen LogP contribution < -0.4 is 0 Å². The Hall–Kier alpha value is 0.900. The van der Waals surface area contributed by atoms with Gasteiger partial charge in [0, 0.05) is 23.5 Å². The van der Waals surface area contributed by atoms with Crippen LogP contribution in [0, 0.1) is 35.5 Å². The van der Waals surface area contributed by atoms with Crippen molar-refractivity contribution in [1.29, 1.82) is 0 Å². The minimum atomic E-state index is 0.465. The van der Waals surface area contributed by atoms with Gasteiger partial charge in [-0.3, -0.25) is 0 Å². The molecule has 3 aliphatic carbocycles. The van der Waals surface area contributed by atoms with Gasteiger partial charge in [0.1, 0.15) is 0 Å². The zero-order valence-electron chi connectivity index (χ0n) is 8.96. The summed E-state index contributed by atoms with van der Waals surface area (Å²) in [6.45, 7) is 0. The lowest BCUT2D eigenvalue weighted by atomic mass is 9.55. The zero-order valence-corrected chi connectivity index (χ0v) is 12.0. The van der Waals surface area contributed by atoms with E-state index in [1.165, 1.54) is 0 Å². The summed E-state index contributed by atoms with van der Waals surface area (Å²) in [5.74, 6) is 5.50. The summed E-state index contributed by atoms with van der Waals surface area (Å²) in [6.07, 6.45) is 4.58. The normalized spacial score (nSPS) is 46.2. The van der Waals surface area contributed by atoms with E-state index >= 15 is 0 Å². The van der Waals surface area contributed by atoms with Crippen LogP contribution in [0.5, 0.6) is 0 Å². The number of rotatable bonds is 4. The molecule has 0 aromatic rings. The molecule has 0 aromatic heterocycles. The molecule has 3 aliphatic rings. The Morgan fingerprint density at radius 2 is 0.812 bits per heavy atom. The summed E-state index contributed by atoms with van der Waals surface area (Å²) in [5, 5.41) is 0. The monoisotopic (exact) mass is 300 g/mol. The molecule has 0 N–H and O–H groups in total. The lowest BCUT2D eigenvalue weighted by Crippen LogP contribution is -2.50. The average molecular weight is 302 g/mol. The topological polar surface area (TPSA) is 0 Å². The van der Waals surface area contributed by atoms with E-state index in [1.54, 1.807) is 0 Å². The van der Waals surface area contributed by atoms with E-state index in [1.807, 2.05) is 0 Å². The maximum atomic E-state index is 6.09. The molecular formula is C12H16Cl4. The van der Waals surface area contributed by atoms with Gasteiger partial charge in [0.15, 0.2) is 0 Å². The summed E-state index contributed by atoms with van der Waals surface area (Å²) in [4.78, 5) is 0. The molecular weight excluding hydrogens is 286 g/mol. The van der Waals surface area contributed by atoms with Gasteiger partial charge in [-0.05, 0) is 35.5 Å². The smallest absolute Gasteiger partial charge is 0.0260 e. The molecule has 0 amide bonds. The van der Waals surface area contributed by atoms with E-state index < -0.39 is 0 Å². The van der Waals surface area contributed by atoms with E-state index in [4.69, 9.17) is 46.4 Å². The highest BCUT2D eigenvalue weighted by Crippen LogP contribution is 2.52. The number of hydrogen-bond donors (Lipinski definition) is 0. The van der Waals surface area contributed by atoms with Gasteiger partial charge in [0.25, 0.3) is 0 Å². The van der Waals surface area contributed by atoms with Crippen molar-refractivity contribution in [3.05, 3.63) is 12.2 Å². The van der Waals surface area contributed by atoms with E-state index in [0.717, 1.165) is 0 Å². The van der Waals surface area contributed by atoms with Crippen LogP contribution in [0.1, 0.15) is 0 Å². The average Bonchev–Trinajstić information content (AvgIpc) is 2.36. The Morgan fingerprint density at radius 1 is 0.562 bits per heavy atom. The summed E-state index contributed by atoms with van der Waals surface area (Å²) >= 11 is 24.4. The van der Waals surface area contributed by atoms with Crippen molar-refractivity contribution in [2.24, 2.45) is 35.5 Å². The van der Waals surface area contributed by atoms with Gasteiger partial charge in [-0.25, -0.2) is 0 Å². The van der Waals surface area contributed by atoms with Crippen LogP contribution in [-0.2, 0) is 0 Å². The molecule has 0 aromatic carbocycles. The molecule has 0 radical (unpaired) electrons. The maximum absolute atomic E-state index is 6.09. The molecule has 0 nitrogen and oxygen atoms in total. The van der Waals surface area contributed by atoms with Crippen molar-refractivity contribution in [2.45, 2.75) is 0 Å². The SMILES string of the molecule is ClC[C@@H]1C2C=CC([C@@H]1CCl)[C@H](CCl)[C@H]2CCl. The molecule has 0 spiro atoms. The van der Waals surface area contributed by atoms with Crippen LogP contribution in [-0.4, -0.2) is 23.5 Å². The Labute approximate surface area is 117 Å². The molecule has 6 atom stereocenters. The second-order valence-electron chi connectivity index (χ2n) is 4.81. The molecule has 1 fully saturated rings. The molecule has 0 heterocycles. The van der Waals surface area contributed by atoms with Crippen LogP contribution in [0.3, 0.4) is 0 Å². The van der Waals surface area contributed by atoms with E-state index in [2.05, 4.69) is 12.2 Å². The van der Waals surface area contributed by atoms with Gasteiger partial charge >= 0.3 is 0 Å². The van der Waals surface area contributed by atoms with Gasteiger partial charge in [-0.1, -0.05) is 12.2 Å². The van der Waals surface area contributed by atoms with E-state index in [0.29, 0.717) is 59.0 Å². The van der Waals surface area contributed by atoms with Crippen molar-refractivity contribution < 1.29 is 0 Å². The third kappa shape index (κ3) is 2.00. The van der Waals surface area contributed by atoms with Gasteiger partial charge < -0.3 is 0 Å². The van der Waals surface area contributed by atoms with Crippen molar-refractivity contribution >= 4 is 46.4 Å². The summed E-state index contributed by atoms with van der Waals surface area (Å²) in [6, 6.07) is 0. The Bertz CT molecular complexity index is 220. The molecule has 3 rings (SSSR count). The van der Waals surface area contributed by atoms with E-state index in [9.17, 15) is 0 Å². The predicted molar refractivity (Wildman–Crippen MR) is 73.0 cm³/mol. The van der Waals surface area contributed by atoms with Crippen LogP contribution in [0.25, 0.3) is 0 Å². The lowest BCUT2D eigenvalue weighted by molar-refractivity contribution is 0.0502. The Kier molecular flexibility index (Phi) is 4.74. The first-order valence-electron chi connectivity index (χ1n) is 5.70. The standard InChI is InChI=1S/C12H16Cl4/c13-3-9-7-1-2-8(11(9)5-15)12(6-16)10(7)4-14/h1-2,7-12H,3-6H2/t7?,8?,9-,10-,11-,12+/m0/s1. The predicted octanol–water partition coefficient (Wildman–Crippen LogP) is 4.22. The van der Waals surface area contributed by atoms with Crippen molar-refractivity contribution in [1.82, 2.24) is 0 Å². The van der Waals surface area contributed by atoms with Crippen LogP contribution in [0.2, 0.25) is 0 Å². The minimum absolute atomic E-state index is 0.465. The van der Waals surface area contributed by atoms with E-state index in [-0.39, 0.29) is 0 Å². The highest BCUT2D eigenvalue weighted by molar-refractivity contribution is 6.20. The van der Waals surface area contributed by atoms with Crippen molar-refractivity contribution in [2.75, 3.05) is 23.5 Å². The zero-order chi connectivity index (χ0) is 11.7. The molecule has 16 heavy (non-hydrogen) atoms. The second kappa shape index (κ2) is 5.69. The van der Waals surface area contributed by atoms with Crippen molar-refractivity contribution in [3.63, 3.8) is 0 Å². The molecule has 0 aliphatic heterocycles. The summed E-state index contributed by atoms with van der Waals surface area (Å²) in [5.41, 5.74) is 0. The van der Waals surface area contributed by atoms with Crippen LogP contribution in [0.15, 0.2) is 12.2 Å². The number of halogens is 4. The molecule has 2 bridgehead atoms. The fourth-order valence-electron chi connectivity index (χ4n) is 3.47. The first kappa shape index (κ1) is 13.3. The highest BCUT2D eigenvalue weighted by atomic mass is 35.5. The van der Waals surface area contributed by atoms with Gasteiger partial charge in [-0.2, -0.15) is 0 Å². The molecule has 4 heteroatoms. The molecule has 0 saturated heterocycles. The maximum Gasteiger partial charge on any atom is 0.0260 e. The third-order valence-corrected chi connectivity index (χ3v) is 5.77. The first-order chi connectivity index (χ1) is 7.78. The third-order valence-electron chi connectivity index (χ3n) is 4.35. The second-order valence-corrected chi connectivity index (χ2v) is 6.05. The Morgan fingerprint density at radius 3 is 1.00 bits per heavy atom. The minimum Gasteiger partial charge on any atom is -0.126 e. The fourth-order valence-corrected chi connectivity index (χ4v) is 5.21. The first-order valence-corrected chi connectivity index (χ1v) is 7.84. The van der Waals surface area contributed by atoms with Crippen LogP contribution in [0.4, 0.5) is 0 Å². The quantitative estimate of drug-likeness (QED) is 0.539. The molecule has 1 saturated carbocycles. The summed E-state index contributed by atoms with van der Waals surface area (Å²) in [7, 11) is 0. The Balaban J connectivity index is 2.29. The van der Waals surface area contributed by atoms with Gasteiger partial charge in [-0.15, -0.1) is 46.4 Å². The number of allylic oxidation sites excluding steroid dienone is 2. The van der Waals surface area contributed by atoms with Crippen molar-refractivity contribution in [3.8, 4) is 0 Å². The number of fused-ring (bicyclic) bond motifs is 2. The van der Waals surface area contributed by atoms with Crippen LogP contribution >= 0.6 is 46.4 Å². The summed E-state index contributed by atoms with van der Waals surface area (Å²) < 4.78 is 0. The van der Waals surface area contributed by atoms with Gasteiger partial charge in [0.05, 0.1) is 0 Å². The number of hydrogen-bond acceptors (Lipinski definition) is 0. The van der Waals surface area contributed by atoms with Gasteiger partial charge in [0.2, 0.25) is 0 Å². The largest absolute Gasteiger partial charge is 0.126 e. The lowest BCUT2D eigenvalue weighted by Gasteiger charge is -2.52. The molecule has 92 valence electrons.